The molecule has 1 saturated heterocycles. The number of esters is 3. The van der Waals surface area contributed by atoms with Crippen molar-refractivity contribution in [2.45, 2.75) is 44.8 Å². The number of rotatable bonds is 8. The predicted molar refractivity (Wildman–Crippen MR) is 171 cm³/mol. The van der Waals surface area contributed by atoms with Crippen molar-refractivity contribution in [3.8, 4) is 0 Å². The Kier molecular flexibility index (Phi) is 9.55. The maximum Gasteiger partial charge on any atom is 0.338 e. The molecule has 1 aliphatic heterocycles. The first-order valence-corrected chi connectivity index (χ1v) is 15.4. The van der Waals surface area contributed by atoms with Crippen molar-refractivity contribution in [2.24, 2.45) is 5.92 Å². The molecule has 5 atom stereocenters. The number of nitrogens with zero attached hydrogens (tertiary/aromatic N) is 4. The lowest BCUT2D eigenvalue weighted by Gasteiger charge is -2.32. The van der Waals surface area contributed by atoms with Crippen molar-refractivity contribution in [1.29, 1.82) is 0 Å². The van der Waals surface area contributed by atoms with E-state index in [0.717, 1.165) is 0 Å². The van der Waals surface area contributed by atoms with E-state index in [4.69, 9.17) is 30.5 Å². The topological polar surface area (TPSA) is 132 Å². The van der Waals surface area contributed by atoms with Crippen LogP contribution in [0.2, 0.25) is 5.15 Å². The second kappa shape index (κ2) is 14.1. The standard InChI is InChI=1S/C35H31ClN4O7/c1-21-18-27(40-20-37-28-31(36)38-22(2)39-32(28)40)45-26(19-44-33(41)23-12-6-3-7-13-23)30(47-35(43)25-16-10-5-11-17-25)29(21)46-34(42)24-14-8-4-9-15-24/h3-17,20-21,26-27,29-30H,18-19H2,1-2H3. The van der Waals surface area contributed by atoms with Gasteiger partial charge in [-0.15, -0.1) is 0 Å². The molecule has 0 aliphatic carbocycles. The third-order valence-corrected chi connectivity index (χ3v) is 8.11. The fourth-order valence-electron chi connectivity index (χ4n) is 5.50. The number of fused-ring (bicyclic) bond motifs is 1. The van der Waals surface area contributed by atoms with Gasteiger partial charge in [0.1, 0.15) is 36.4 Å². The number of carbonyl (C=O) groups excluding carboxylic acids is 3. The molecule has 0 spiro atoms. The third kappa shape index (κ3) is 7.16. The normalized spacial score (nSPS) is 21.0. The largest absolute Gasteiger partial charge is 0.459 e. The van der Waals surface area contributed by atoms with Gasteiger partial charge in [0.15, 0.2) is 16.9 Å². The third-order valence-electron chi connectivity index (χ3n) is 7.85. The van der Waals surface area contributed by atoms with E-state index in [1.54, 1.807) is 102 Å². The number of benzene rings is 3. The highest BCUT2D eigenvalue weighted by Gasteiger charge is 2.46. The lowest BCUT2D eigenvalue weighted by atomic mass is 9.94. The van der Waals surface area contributed by atoms with E-state index in [1.807, 2.05) is 6.92 Å². The molecule has 6 rings (SSSR count). The van der Waals surface area contributed by atoms with Gasteiger partial charge in [0, 0.05) is 5.92 Å². The molecule has 0 radical (unpaired) electrons. The van der Waals surface area contributed by atoms with Gasteiger partial charge >= 0.3 is 17.9 Å². The highest BCUT2D eigenvalue weighted by atomic mass is 35.5. The summed E-state index contributed by atoms with van der Waals surface area (Å²) in [6.45, 7) is 3.25. The molecule has 1 fully saturated rings. The van der Waals surface area contributed by atoms with Gasteiger partial charge in [0.05, 0.1) is 23.0 Å². The number of aromatic nitrogens is 4. The van der Waals surface area contributed by atoms with Crippen molar-refractivity contribution < 1.29 is 33.3 Å². The molecular weight excluding hydrogens is 624 g/mol. The van der Waals surface area contributed by atoms with Gasteiger partial charge in [-0.1, -0.05) is 73.1 Å². The molecular formula is C35H31ClN4O7. The van der Waals surface area contributed by atoms with E-state index in [0.29, 0.717) is 28.1 Å². The van der Waals surface area contributed by atoms with Crippen molar-refractivity contribution in [3.63, 3.8) is 0 Å². The zero-order valence-corrected chi connectivity index (χ0v) is 26.3. The van der Waals surface area contributed by atoms with E-state index in [2.05, 4.69) is 15.0 Å². The Morgan fingerprint density at radius 3 is 1.91 bits per heavy atom. The van der Waals surface area contributed by atoms with Crippen LogP contribution in [0.4, 0.5) is 0 Å². The molecule has 12 heteroatoms. The first kappa shape index (κ1) is 31.8. The zero-order valence-electron chi connectivity index (χ0n) is 25.6. The molecule has 1 aliphatic rings. The molecule has 0 amide bonds. The summed E-state index contributed by atoms with van der Waals surface area (Å²) in [4.78, 5) is 53.2. The molecule has 0 saturated carbocycles. The summed E-state index contributed by atoms with van der Waals surface area (Å²) in [6.07, 6.45) is -2.23. The first-order chi connectivity index (χ1) is 22.8. The first-order valence-electron chi connectivity index (χ1n) is 15.0. The minimum absolute atomic E-state index is 0.186. The highest BCUT2D eigenvalue weighted by molar-refractivity contribution is 6.33. The van der Waals surface area contributed by atoms with Crippen LogP contribution >= 0.6 is 11.6 Å². The van der Waals surface area contributed by atoms with Gasteiger partial charge in [0.2, 0.25) is 0 Å². The number of halogens is 1. The van der Waals surface area contributed by atoms with Crippen LogP contribution in [-0.4, -0.2) is 62.3 Å². The zero-order chi connectivity index (χ0) is 32.9. The quantitative estimate of drug-likeness (QED) is 0.111. The Morgan fingerprint density at radius 2 is 1.34 bits per heavy atom. The smallest absolute Gasteiger partial charge is 0.338 e. The van der Waals surface area contributed by atoms with Crippen LogP contribution in [0.25, 0.3) is 11.2 Å². The van der Waals surface area contributed by atoms with Crippen LogP contribution < -0.4 is 0 Å². The molecule has 2 aromatic heterocycles. The monoisotopic (exact) mass is 654 g/mol. The number of ether oxygens (including phenoxy) is 4. The molecule has 11 nitrogen and oxygen atoms in total. The summed E-state index contributed by atoms with van der Waals surface area (Å²) in [7, 11) is 0. The van der Waals surface area contributed by atoms with Crippen LogP contribution in [0.1, 0.15) is 56.5 Å². The highest BCUT2D eigenvalue weighted by Crippen LogP contribution is 2.36. The number of imidazole rings is 1. The molecule has 3 aromatic carbocycles. The van der Waals surface area contributed by atoms with E-state index in [9.17, 15) is 14.4 Å². The van der Waals surface area contributed by atoms with E-state index in [-0.39, 0.29) is 23.7 Å². The average Bonchev–Trinajstić information content (AvgIpc) is 3.47. The van der Waals surface area contributed by atoms with Crippen molar-refractivity contribution in [1.82, 2.24) is 19.5 Å². The second-order valence-corrected chi connectivity index (χ2v) is 11.5. The minimum Gasteiger partial charge on any atom is -0.459 e. The van der Waals surface area contributed by atoms with Gasteiger partial charge in [-0.25, -0.2) is 29.3 Å². The second-order valence-electron chi connectivity index (χ2n) is 11.2. The van der Waals surface area contributed by atoms with Crippen LogP contribution in [0.15, 0.2) is 97.3 Å². The molecule has 0 N–H and O–H groups in total. The number of hydrogen-bond acceptors (Lipinski definition) is 10. The summed E-state index contributed by atoms with van der Waals surface area (Å²) in [5, 5.41) is 0.186. The summed E-state index contributed by atoms with van der Waals surface area (Å²) in [5.74, 6) is -1.87. The maximum atomic E-state index is 13.5. The minimum atomic E-state index is -1.19. The molecule has 240 valence electrons. The van der Waals surface area contributed by atoms with E-state index >= 15 is 0 Å². The van der Waals surface area contributed by atoms with Gasteiger partial charge in [-0.05, 0) is 49.7 Å². The summed E-state index contributed by atoms with van der Waals surface area (Å²) in [6, 6.07) is 25.4. The lowest BCUT2D eigenvalue weighted by Crippen LogP contribution is -2.48. The van der Waals surface area contributed by atoms with Crippen LogP contribution in [0.3, 0.4) is 0 Å². The average molecular weight is 655 g/mol. The number of carbonyl (C=O) groups is 3. The Labute approximate surface area is 275 Å². The Hall–Kier alpha value is -5.13. The van der Waals surface area contributed by atoms with Crippen LogP contribution in [0.5, 0.6) is 0 Å². The van der Waals surface area contributed by atoms with Crippen LogP contribution in [-0.2, 0) is 18.9 Å². The van der Waals surface area contributed by atoms with Gasteiger partial charge in [-0.3, -0.25) is 4.57 Å². The molecule has 0 bridgehead atoms. The fraction of sp³-hybridized carbons (Fsp3) is 0.257. The summed E-state index contributed by atoms with van der Waals surface area (Å²) < 4.78 is 26.3. The van der Waals surface area contributed by atoms with E-state index in [1.165, 1.54) is 6.33 Å². The SMILES string of the molecule is Cc1nc(Cl)c2ncn(C3CC(C)C(OC(=O)c4ccccc4)C(OC(=O)c4ccccc4)C(COC(=O)c4ccccc4)O3)c2n1. The maximum absolute atomic E-state index is 13.5. The molecule has 47 heavy (non-hydrogen) atoms. The van der Waals surface area contributed by atoms with Crippen molar-refractivity contribution in [2.75, 3.05) is 6.61 Å². The Bertz CT molecular complexity index is 1870. The Morgan fingerprint density at radius 1 is 0.809 bits per heavy atom. The molecule has 5 aromatic rings. The Balaban J connectivity index is 1.40. The van der Waals surface area contributed by atoms with Crippen molar-refractivity contribution >= 4 is 40.7 Å². The summed E-state index contributed by atoms with van der Waals surface area (Å²) in [5.41, 5.74) is 1.75. The lowest BCUT2D eigenvalue weighted by molar-refractivity contribution is -0.135. The van der Waals surface area contributed by atoms with Gasteiger partial charge in [-0.2, -0.15) is 0 Å². The predicted octanol–water partition coefficient (Wildman–Crippen LogP) is 6.02. The summed E-state index contributed by atoms with van der Waals surface area (Å²) >= 11 is 6.38. The van der Waals surface area contributed by atoms with Crippen molar-refractivity contribution in [3.05, 3.63) is 125 Å². The van der Waals surface area contributed by atoms with E-state index < -0.39 is 48.4 Å². The molecule has 5 unspecified atom stereocenters. The van der Waals surface area contributed by atoms with Gasteiger partial charge in [0.25, 0.3) is 0 Å². The molecule has 3 heterocycles. The number of aryl methyl sites for hydroxylation is 1. The number of hydrogen-bond donors (Lipinski definition) is 0. The van der Waals surface area contributed by atoms with Gasteiger partial charge < -0.3 is 18.9 Å². The fourth-order valence-corrected chi connectivity index (χ4v) is 5.76. The van der Waals surface area contributed by atoms with Crippen LogP contribution in [0, 0.1) is 12.8 Å².